The second-order valence-electron chi connectivity index (χ2n) is 3.59. The van der Waals surface area contributed by atoms with Gasteiger partial charge in [-0.3, -0.25) is 0 Å². The van der Waals surface area contributed by atoms with Gasteiger partial charge in [0.1, 0.15) is 24.0 Å². The third-order valence-corrected chi connectivity index (χ3v) is 2.28. The van der Waals surface area contributed by atoms with Crippen molar-refractivity contribution >= 4 is 5.69 Å². The van der Waals surface area contributed by atoms with Crippen molar-refractivity contribution in [2.24, 2.45) is 0 Å². The zero-order valence-corrected chi connectivity index (χ0v) is 8.99. The maximum absolute atomic E-state index is 13.3. The third kappa shape index (κ3) is 2.93. The molecule has 0 spiro atoms. The maximum Gasteiger partial charge on any atom is 0.130 e. The molecule has 88 valence electrons. The van der Waals surface area contributed by atoms with Crippen LogP contribution in [0.4, 0.5) is 14.5 Å². The van der Waals surface area contributed by atoms with E-state index in [1.54, 1.807) is 24.3 Å². The summed E-state index contributed by atoms with van der Waals surface area (Å²) in [5.41, 5.74) is 6.31. The van der Waals surface area contributed by atoms with Crippen molar-refractivity contribution in [1.29, 1.82) is 0 Å². The van der Waals surface area contributed by atoms with Crippen molar-refractivity contribution < 1.29 is 13.5 Å². The number of halogens is 2. The van der Waals surface area contributed by atoms with Crippen LogP contribution in [-0.2, 0) is 6.61 Å². The summed E-state index contributed by atoms with van der Waals surface area (Å²) in [5.74, 6) is -0.410. The molecule has 0 saturated heterocycles. The Labute approximate surface area is 97.6 Å². The molecular formula is C13H11F2NO. The summed E-state index contributed by atoms with van der Waals surface area (Å²) < 4.78 is 31.5. The van der Waals surface area contributed by atoms with E-state index in [4.69, 9.17) is 10.5 Å². The molecule has 2 aromatic carbocycles. The predicted molar refractivity (Wildman–Crippen MR) is 61.5 cm³/mol. The first-order chi connectivity index (χ1) is 8.15. The molecule has 0 aliphatic rings. The van der Waals surface area contributed by atoms with Crippen LogP contribution in [0.25, 0.3) is 0 Å². The molecule has 0 heterocycles. The van der Waals surface area contributed by atoms with E-state index in [1.807, 2.05) is 0 Å². The number of hydrogen-bond acceptors (Lipinski definition) is 2. The molecule has 0 bridgehead atoms. The summed E-state index contributed by atoms with van der Waals surface area (Å²) in [6.45, 7) is -0.0203. The Morgan fingerprint density at radius 1 is 1.00 bits per heavy atom. The van der Waals surface area contributed by atoms with Crippen LogP contribution in [0.5, 0.6) is 5.75 Å². The fourth-order valence-corrected chi connectivity index (χ4v) is 1.38. The first-order valence-corrected chi connectivity index (χ1v) is 5.07. The van der Waals surface area contributed by atoms with Crippen LogP contribution in [0.15, 0.2) is 42.5 Å². The van der Waals surface area contributed by atoms with Gasteiger partial charge in [0.25, 0.3) is 0 Å². The first-order valence-electron chi connectivity index (χ1n) is 5.07. The van der Waals surface area contributed by atoms with Gasteiger partial charge in [0, 0.05) is 11.3 Å². The topological polar surface area (TPSA) is 35.2 Å². The Kier molecular flexibility index (Phi) is 3.23. The highest BCUT2D eigenvalue weighted by atomic mass is 19.1. The lowest BCUT2D eigenvalue weighted by Gasteiger charge is -2.07. The molecule has 0 aromatic heterocycles. The van der Waals surface area contributed by atoms with Crippen LogP contribution in [0, 0.1) is 11.6 Å². The molecule has 2 nitrogen and oxygen atoms in total. The molecule has 0 aliphatic heterocycles. The minimum Gasteiger partial charge on any atom is -0.489 e. The second kappa shape index (κ2) is 4.82. The lowest BCUT2D eigenvalue weighted by Crippen LogP contribution is -1.99. The van der Waals surface area contributed by atoms with Gasteiger partial charge in [0.2, 0.25) is 0 Å². The van der Waals surface area contributed by atoms with Gasteiger partial charge in [-0.2, -0.15) is 0 Å². The predicted octanol–water partition coefficient (Wildman–Crippen LogP) is 3.13. The quantitative estimate of drug-likeness (QED) is 0.829. The van der Waals surface area contributed by atoms with Crippen molar-refractivity contribution in [3.63, 3.8) is 0 Å². The summed E-state index contributed by atoms with van der Waals surface area (Å²) in [5, 5.41) is 0. The molecule has 2 aromatic rings. The fraction of sp³-hybridized carbons (Fsp3) is 0.0769. The number of anilines is 1. The number of nitrogen functional groups attached to an aromatic ring is 1. The Morgan fingerprint density at radius 2 is 1.71 bits per heavy atom. The molecule has 0 radical (unpaired) electrons. The van der Waals surface area contributed by atoms with Crippen molar-refractivity contribution in [3.8, 4) is 5.75 Å². The lowest BCUT2D eigenvalue weighted by atomic mass is 10.2. The monoisotopic (exact) mass is 235 g/mol. The van der Waals surface area contributed by atoms with Crippen molar-refractivity contribution in [2.45, 2.75) is 6.61 Å². The van der Waals surface area contributed by atoms with E-state index in [1.165, 1.54) is 0 Å². The minimum absolute atomic E-state index is 0.0203. The molecule has 4 heteroatoms. The number of hydrogen-bond donors (Lipinski definition) is 1. The van der Waals surface area contributed by atoms with Crippen molar-refractivity contribution in [1.82, 2.24) is 0 Å². The summed E-state index contributed by atoms with van der Waals surface area (Å²) in [7, 11) is 0. The highest BCUT2D eigenvalue weighted by molar-refractivity contribution is 5.41. The Bertz CT molecular complexity index is 511. The Morgan fingerprint density at radius 3 is 2.41 bits per heavy atom. The van der Waals surface area contributed by atoms with Crippen molar-refractivity contribution in [3.05, 3.63) is 59.7 Å². The molecule has 2 rings (SSSR count). The molecular weight excluding hydrogens is 224 g/mol. The van der Waals surface area contributed by atoms with Gasteiger partial charge in [0.05, 0.1) is 0 Å². The molecule has 0 atom stereocenters. The molecule has 0 saturated carbocycles. The summed E-state index contributed by atoms with van der Waals surface area (Å²) in [6, 6.07) is 9.97. The zero-order valence-electron chi connectivity index (χ0n) is 8.99. The van der Waals surface area contributed by atoms with Crippen LogP contribution >= 0.6 is 0 Å². The third-order valence-electron chi connectivity index (χ3n) is 2.28. The van der Waals surface area contributed by atoms with Gasteiger partial charge in [-0.25, -0.2) is 8.78 Å². The van der Waals surface area contributed by atoms with Crippen LogP contribution < -0.4 is 10.5 Å². The average molecular weight is 235 g/mol. The van der Waals surface area contributed by atoms with E-state index < -0.39 is 11.6 Å². The van der Waals surface area contributed by atoms with Crippen LogP contribution in [0.2, 0.25) is 0 Å². The second-order valence-corrected chi connectivity index (χ2v) is 3.59. The van der Waals surface area contributed by atoms with E-state index in [2.05, 4.69) is 0 Å². The molecule has 17 heavy (non-hydrogen) atoms. The van der Waals surface area contributed by atoms with Crippen LogP contribution in [-0.4, -0.2) is 0 Å². The van der Waals surface area contributed by atoms with Crippen LogP contribution in [0.3, 0.4) is 0 Å². The van der Waals surface area contributed by atoms with Gasteiger partial charge in [-0.15, -0.1) is 0 Å². The number of benzene rings is 2. The van der Waals surface area contributed by atoms with Gasteiger partial charge in [-0.1, -0.05) is 0 Å². The average Bonchev–Trinajstić information content (AvgIpc) is 2.32. The summed E-state index contributed by atoms with van der Waals surface area (Å²) in [6.07, 6.45) is 0. The van der Waals surface area contributed by atoms with E-state index in [-0.39, 0.29) is 12.2 Å². The summed E-state index contributed by atoms with van der Waals surface area (Å²) in [4.78, 5) is 0. The molecule has 0 amide bonds. The van der Waals surface area contributed by atoms with Gasteiger partial charge >= 0.3 is 0 Å². The number of rotatable bonds is 3. The van der Waals surface area contributed by atoms with Gasteiger partial charge in [-0.05, 0) is 42.5 Å². The number of ether oxygens (including phenoxy) is 1. The highest BCUT2D eigenvalue weighted by Gasteiger charge is 2.04. The molecule has 0 fully saturated rings. The van der Waals surface area contributed by atoms with Crippen molar-refractivity contribution in [2.75, 3.05) is 5.73 Å². The molecule has 2 N–H and O–H groups in total. The highest BCUT2D eigenvalue weighted by Crippen LogP contribution is 2.16. The summed E-state index contributed by atoms with van der Waals surface area (Å²) >= 11 is 0. The van der Waals surface area contributed by atoms with E-state index in [0.717, 1.165) is 18.2 Å². The van der Waals surface area contributed by atoms with Gasteiger partial charge < -0.3 is 10.5 Å². The zero-order chi connectivity index (χ0) is 12.3. The smallest absolute Gasteiger partial charge is 0.130 e. The fourth-order valence-electron chi connectivity index (χ4n) is 1.38. The van der Waals surface area contributed by atoms with E-state index in [9.17, 15) is 8.78 Å². The minimum atomic E-state index is -0.484. The lowest BCUT2D eigenvalue weighted by molar-refractivity contribution is 0.299. The molecule has 0 aliphatic carbocycles. The Balaban J connectivity index is 2.07. The maximum atomic E-state index is 13.3. The van der Waals surface area contributed by atoms with Gasteiger partial charge in [0.15, 0.2) is 0 Å². The van der Waals surface area contributed by atoms with E-state index >= 15 is 0 Å². The van der Waals surface area contributed by atoms with E-state index in [0.29, 0.717) is 11.4 Å². The standard InChI is InChI=1S/C13H11F2NO/c14-10-1-6-13(15)9(7-10)8-17-12-4-2-11(16)3-5-12/h1-7H,8,16H2. The van der Waals surface area contributed by atoms with Crippen LogP contribution in [0.1, 0.15) is 5.56 Å². The normalized spacial score (nSPS) is 10.2. The first kappa shape index (κ1) is 11.4. The Hall–Kier alpha value is -2.10. The molecule has 0 unspecified atom stereocenters. The SMILES string of the molecule is Nc1ccc(OCc2cc(F)ccc2F)cc1. The largest absolute Gasteiger partial charge is 0.489 e. The number of nitrogens with two attached hydrogens (primary N) is 1.